The van der Waals surface area contributed by atoms with Crippen molar-refractivity contribution >= 4 is 72.3 Å². The molecule has 2 heterocycles. The average molecular weight is 811 g/mol. The minimum Gasteiger partial charge on any atom is -0.456 e. The molecule has 0 saturated carbocycles. The number of nitrogens with zero attached hydrogens (tertiary/aromatic N) is 2. The molecule has 0 bridgehead atoms. The second-order valence-corrected chi connectivity index (χ2v) is 16.6. The van der Waals surface area contributed by atoms with Crippen molar-refractivity contribution in [2.45, 2.75) is 6.92 Å². The highest BCUT2D eigenvalue weighted by Gasteiger charge is 2.26. The van der Waals surface area contributed by atoms with E-state index in [0.29, 0.717) is 11.8 Å². The normalized spacial score (nSPS) is 15.8. The van der Waals surface area contributed by atoms with Crippen LogP contribution in [0.15, 0.2) is 245 Å². The molecule has 0 spiro atoms. The van der Waals surface area contributed by atoms with Crippen molar-refractivity contribution < 1.29 is 8.83 Å². The third kappa shape index (κ3) is 6.47. The fourth-order valence-electron chi connectivity index (χ4n) is 9.65. The predicted octanol–water partition coefficient (Wildman–Crippen LogP) is 16.6. The van der Waals surface area contributed by atoms with Crippen LogP contribution in [-0.4, -0.2) is 0 Å². The molecule has 63 heavy (non-hydrogen) atoms. The number of benzene rings is 8. The smallest absolute Gasteiger partial charge is 0.135 e. The van der Waals surface area contributed by atoms with E-state index in [-0.39, 0.29) is 0 Å². The molecule has 0 radical (unpaired) electrons. The van der Waals surface area contributed by atoms with Gasteiger partial charge in [0.05, 0.1) is 5.69 Å². The summed E-state index contributed by atoms with van der Waals surface area (Å²) in [5.74, 6) is 0.712. The molecular weight excluding hydrogens is 769 g/mol. The quantitative estimate of drug-likeness (QED) is 0.153. The Morgan fingerprint density at radius 1 is 0.429 bits per heavy atom. The molecule has 8 aromatic carbocycles. The second kappa shape index (κ2) is 15.1. The van der Waals surface area contributed by atoms with Crippen LogP contribution >= 0.6 is 0 Å². The number of anilines is 5. The van der Waals surface area contributed by atoms with Crippen molar-refractivity contribution in [3.8, 4) is 22.3 Å². The minimum atomic E-state index is 0.341. The molecule has 4 heteroatoms. The lowest BCUT2D eigenvalue weighted by Gasteiger charge is -2.33. The van der Waals surface area contributed by atoms with E-state index >= 15 is 0 Å². The van der Waals surface area contributed by atoms with Gasteiger partial charge in [-0.05, 0) is 119 Å². The number of hydrogen-bond donors (Lipinski definition) is 0. The van der Waals surface area contributed by atoms with Crippen molar-refractivity contribution in [3.63, 3.8) is 0 Å². The van der Waals surface area contributed by atoms with Crippen LogP contribution in [0.1, 0.15) is 6.92 Å². The zero-order chi connectivity index (χ0) is 41.9. The fraction of sp³-hybridized carbons (Fsp3) is 0.0508. The topological polar surface area (TPSA) is 32.8 Å². The zero-order valence-corrected chi connectivity index (χ0v) is 34.7. The molecule has 0 aliphatic heterocycles. The number of fused-ring (bicyclic) bond motifs is 7. The molecule has 0 fully saturated rings. The zero-order valence-electron chi connectivity index (χ0n) is 34.7. The van der Waals surface area contributed by atoms with E-state index in [4.69, 9.17) is 8.83 Å². The molecule has 0 amide bonds. The molecular formula is C59H42N2O2. The summed E-state index contributed by atoms with van der Waals surface area (Å²) in [6.07, 6.45) is 13.7. The number of hydrogen-bond acceptors (Lipinski definition) is 4. The van der Waals surface area contributed by atoms with Gasteiger partial charge in [0.15, 0.2) is 0 Å². The summed E-state index contributed by atoms with van der Waals surface area (Å²) in [6, 6.07) is 66.9. The van der Waals surface area contributed by atoms with Gasteiger partial charge in [0.1, 0.15) is 22.3 Å². The number of allylic oxidation sites excluding steroid dienone is 7. The first-order valence-electron chi connectivity index (χ1n) is 21.7. The Bertz CT molecular complexity index is 3480. The van der Waals surface area contributed by atoms with Gasteiger partial charge in [-0.25, -0.2) is 0 Å². The molecule has 2 aromatic heterocycles. The van der Waals surface area contributed by atoms with Crippen LogP contribution in [0.3, 0.4) is 0 Å². The number of rotatable bonds is 8. The molecule has 10 aromatic rings. The summed E-state index contributed by atoms with van der Waals surface area (Å²) in [7, 11) is 0. The van der Waals surface area contributed by atoms with Crippen LogP contribution in [0.5, 0.6) is 0 Å². The summed E-state index contributed by atoms with van der Waals surface area (Å²) in [4.78, 5) is 4.76. The first kappa shape index (κ1) is 36.7. The van der Waals surface area contributed by atoms with Crippen LogP contribution in [0.2, 0.25) is 0 Å². The molecule has 2 aliphatic carbocycles. The standard InChI is InChI=1S/C59H42N2O2/c1-39-34-48(35-43-16-8-9-19-49(39)43)60(46-29-32-58-53(37-46)50-20-10-12-22-56(50)62-58)45-27-24-40(25-28-45)42-26-31-55(52(36-42)41-14-4-2-5-15-41)61(44-17-6-3-7-18-44)47-30-33-59-54(38-47)51-21-11-13-23-57(51)63-59/h2-39,49H,1H3. The van der Waals surface area contributed by atoms with Crippen LogP contribution in [-0.2, 0) is 0 Å². The summed E-state index contributed by atoms with van der Waals surface area (Å²) in [5, 5.41) is 4.43. The van der Waals surface area contributed by atoms with E-state index in [1.165, 1.54) is 5.57 Å². The molecule has 0 N–H and O–H groups in total. The fourth-order valence-corrected chi connectivity index (χ4v) is 9.65. The Morgan fingerprint density at radius 2 is 0.984 bits per heavy atom. The van der Waals surface area contributed by atoms with E-state index < -0.39 is 0 Å². The van der Waals surface area contributed by atoms with Crippen LogP contribution in [0.25, 0.3) is 66.1 Å². The summed E-state index contributed by atoms with van der Waals surface area (Å²) >= 11 is 0. The lowest BCUT2D eigenvalue weighted by atomic mass is 9.80. The maximum absolute atomic E-state index is 6.27. The van der Waals surface area contributed by atoms with Gasteiger partial charge in [-0.1, -0.05) is 140 Å². The van der Waals surface area contributed by atoms with Gasteiger partial charge in [-0.15, -0.1) is 0 Å². The lowest BCUT2D eigenvalue weighted by Crippen LogP contribution is -2.23. The molecule has 2 unspecified atom stereocenters. The Morgan fingerprint density at radius 3 is 1.67 bits per heavy atom. The van der Waals surface area contributed by atoms with Crippen molar-refractivity contribution in [1.29, 1.82) is 0 Å². The van der Waals surface area contributed by atoms with E-state index in [2.05, 4.69) is 217 Å². The first-order chi connectivity index (χ1) is 31.1. The Kier molecular flexibility index (Phi) is 8.82. The van der Waals surface area contributed by atoms with E-state index in [0.717, 1.165) is 100 Å². The van der Waals surface area contributed by atoms with E-state index in [9.17, 15) is 0 Å². The summed E-state index contributed by atoms with van der Waals surface area (Å²) in [6.45, 7) is 2.32. The third-order valence-corrected chi connectivity index (χ3v) is 12.7. The third-order valence-electron chi connectivity index (χ3n) is 12.7. The van der Waals surface area contributed by atoms with Gasteiger partial charge in [0.2, 0.25) is 0 Å². The molecule has 4 nitrogen and oxygen atoms in total. The van der Waals surface area contributed by atoms with Crippen LogP contribution < -0.4 is 9.80 Å². The second-order valence-electron chi connectivity index (χ2n) is 16.6. The highest BCUT2D eigenvalue weighted by Crippen LogP contribution is 2.45. The van der Waals surface area contributed by atoms with Crippen molar-refractivity contribution in [2.75, 3.05) is 9.80 Å². The van der Waals surface area contributed by atoms with E-state index in [1.807, 2.05) is 24.3 Å². The van der Waals surface area contributed by atoms with Crippen molar-refractivity contribution in [2.24, 2.45) is 11.8 Å². The van der Waals surface area contributed by atoms with E-state index in [1.54, 1.807) is 0 Å². The van der Waals surface area contributed by atoms with Crippen molar-refractivity contribution in [1.82, 2.24) is 0 Å². The SMILES string of the molecule is CC1C=C(N(c2ccc(-c3ccc(N(c4ccccc4)c4ccc5oc6ccccc6c5c4)c(-c4ccccc4)c3)cc2)c2ccc3oc4ccccc4c3c2)C=C2C=CC=CC21. The van der Waals surface area contributed by atoms with Crippen LogP contribution in [0.4, 0.5) is 28.4 Å². The largest absolute Gasteiger partial charge is 0.456 e. The van der Waals surface area contributed by atoms with Gasteiger partial charge in [-0.2, -0.15) is 0 Å². The summed E-state index contributed by atoms with van der Waals surface area (Å²) < 4.78 is 12.5. The maximum atomic E-state index is 6.27. The Balaban J connectivity index is 0.976. The Hall–Kier alpha value is -8.08. The van der Waals surface area contributed by atoms with Gasteiger partial charge in [-0.3, -0.25) is 0 Å². The highest BCUT2D eigenvalue weighted by molar-refractivity contribution is 6.08. The average Bonchev–Trinajstić information content (AvgIpc) is 3.91. The minimum absolute atomic E-state index is 0.341. The van der Waals surface area contributed by atoms with Crippen LogP contribution in [0, 0.1) is 11.8 Å². The molecule has 2 aliphatic rings. The Labute approximate surface area is 366 Å². The first-order valence-corrected chi connectivity index (χ1v) is 21.7. The molecule has 2 atom stereocenters. The number of para-hydroxylation sites is 3. The van der Waals surface area contributed by atoms with Gasteiger partial charge < -0.3 is 18.6 Å². The predicted molar refractivity (Wildman–Crippen MR) is 262 cm³/mol. The van der Waals surface area contributed by atoms with Gasteiger partial charge >= 0.3 is 0 Å². The highest BCUT2D eigenvalue weighted by atomic mass is 16.3. The number of furan rings is 2. The lowest BCUT2D eigenvalue weighted by molar-refractivity contribution is 0.576. The monoisotopic (exact) mass is 810 g/mol. The molecule has 12 rings (SSSR count). The maximum Gasteiger partial charge on any atom is 0.135 e. The summed E-state index contributed by atoms with van der Waals surface area (Å²) in [5.41, 5.74) is 16.0. The molecule has 300 valence electrons. The van der Waals surface area contributed by atoms with Gasteiger partial charge in [0, 0.05) is 61.5 Å². The van der Waals surface area contributed by atoms with Gasteiger partial charge in [0.25, 0.3) is 0 Å². The molecule has 0 saturated heterocycles. The van der Waals surface area contributed by atoms with Crippen molar-refractivity contribution in [3.05, 3.63) is 236 Å².